The molecule has 0 aromatic heterocycles. The van der Waals surface area contributed by atoms with Crippen LogP contribution >= 0.6 is 0 Å². The molecule has 0 radical (unpaired) electrons. The Hall–Kier alpha value is -6.10. The normalized spacial score (nSPS) is 12.7. The Morgan fingerprint density at radius 2 is 1.00 bits per heavy atom. The fraction of sp³-hybridized carbons (Fsp3) is 0.176. The molecule has 4 heteroatoms. The molecule has 3 aromatic carbocycles. The van der Waals surface area contributed by atoms with E-state index in [1.807, 2.05) is 65.6 Å². The van der Waals surface area contributed by atoms with E-state index >= 15 is 0 Å². The van der Waals surface area contributed by atoms with Gasteiger partial charge < -0.3 is 5.11 Å². The molecule has 0 saturated carbocycles. The van der Waals surface area contributed by atoms with E-state index in [0.717, 1.165) is 50.9 Å². The minimum atomic E-state index is -0.220. The molecule has 0 fully saturated rings. The highest BCUT2D eigenvalue weighted by molar-refractivity contribution is 6.36. The van der Waals surface area contributed by atoms with Gasteiger partial charge in [-0.3, -0.25) is 14.5 Å². The third-order valence-corrected chi connectivity index (χ3v) is 10.2. The zero-order valence-corrected chi connectivity index (χ0v) is 32.9. The van der Waals surface area contributed by atoms with Gasteiger partial charge in [0.05, 0.1) is 11.7 Å². The van der Waals surface area contributed by atoms with Gasteiger partial charge in [0.25, 0.3) is 5.91 Å². The summed E-state index contributed by atoms with van der Waals surface area (Å²) in [6.45, 7) is 14.6. The number of aliphatic hydroxyl groups is 1. The number of anilines is 1. The Labute approximate surface area is 326 Å². The lowest BCUT2D eigenvalue weighted by molar-refractivity contribution is -0.113. The monoisotopic (exact) mass is 723 g/mol. The standard InChI is InChI=1S/C35H29NO.C14H14O.C2H6O/c1-23-20-24(2)29-19-18-28(33(29)25(3)21-23)22-31-30-16-10-11-17-32(30)36(35(31)37)34(26-12-6-4-7-13-26)27-14-8-5-9-15-27;1-9-6-10(2)13-5-4-12(8-15)14(13)11(3)7-9;1-2-3/h4-22,34H,1-3H3;4-8H,1-3H3;3H,2H2,1H3/b31-22+;;. The topological polar surface area (TPSA) is 57.6 Å². The molecule has 0 bridgehead atoms. The smallest absolute Gasteiger partial charge is 0.259 e. The van der Waals surface area contributed by atoms with Gasteiger partial charge in [0, 0.05) is 23.3 Å². The summed E-state index contributed by atoms with van der Waals surface area (Å²) < 4.78 is 0. The fourth-order valence-corrected chi connectivity index (χ4v) is 8.07. The number of hydrogen-bond donors (Lipinski definition) is 1. The number of para-hydroxylation sites is 1. The quantitative estimate of drug-likeness (QED) is 0.142. The second-order valence-corrected chi connectivity index (χ2v) is 14.4. The number of rotatable bonds is 5. The van der Waals surface area contributed by atoms with E-state index in [1.54, 1.807) is 6.92 Å². The highest BCUT2D eigenvalue weighted by Crippen LogP contribution is 2.46. The second-order valence-electron chi connectivity index (χ2n) is 14.4. The summed E-state index contributed by atoms with van der Waals surface area (Å²) in [7, 11) is 0. The van der Waals surface area contributed by atoms with Crippen LogP contribution in [0.4, 0.5) is 5.69 Å². The third kappa shape index (κ3) is 7.92. The van der Waals surface area contributed by atoms with E-state index in [0.29, 0.717) is 0 Å². The molecule has 1 heterocycles. The Bertz CT molecular complexity index is 2390. The molecule has 1 aliphatic heterocycles. The minimum Gasteiger partial charge on any atom is -0.397 e. The number of carbonyl (C=O) groups excluding carboxylic acids is 2. The number of carbonyl (C=O) groups is 2. The Kier molecular flexibility index (Phi) is 11.9. The summed E-state index contributed by atoms with van der Waals surface area (Å²) in [5, 5.41) is 7.57. The average molecular weight is 724 g/mol. The number of amides is 1. The highest BCUT2D eigenvalue weighted by Gasteiger charge is 2.38. The fourth-order valence-electron chi connectivity index (χ4n) is 8.07. The van der Waals surface area contributed by atoms with Crippen LogP contribution in [0.15, 0.2) is 133 Å². The van der Waals surface area contributed by atoms with Crippen molar-refractivity contribution < 1.29 is 14.7 Å². The van der Waals surface area contributed by atoms with Crippen LogP contribution in [0.1, 0.15) is 79.0 Å². The number of hydrogen-bond acceptors (Lipinski definition) is 3. The summed E-state index contributed by atoms with van der Waals surface area (Å²) in [5.41, 5.74) is 18.8. The zero-order chi connectivity index (χ0) is 39.2. The molecule has 5 aliphatic rings. The lowest BCUT2D eigenvalue weighted by Gasteiger charge is -2.29. The Morgan fingerprint density at radius 1 is 0.564 bits per heavy atom. The molecule has 0 saturated heterocycles. The van der Waals surface area contributed by atoms with Crippen molar-refractivity contribution in [2.45, 2.75) is 54.5 Å². The molecule has 3 aromatic rings. The van der Waals surface area contributed by atoms with Crippen molar-refractivity contribution >= 4 is 29.5 Å². The van der Waals surface area contributed by atoms with Crippen molar-refractivity contribution in [3.8, 4) is 22.3 Å². The summed E-state index contributed by atoms with van der Waals surface area (Å²) in [6.07, 6.45) is 3.03. The SMILES string of the molecule is CCO.Cc1cc(C)c2ccc(/C=C3/C(=O)N(C(c4ccccc4)c4ccccc4)c4ccccc43)c-2c(C)c1.Cc1cc(C)c2ccc(C=O)c-2c(C)c1. The molecule has 0 spiro atoms. The first-order valence-electron chi connectivity index (χ1n) is 18.9. The van der Waals surface area contributed by atoms with Gasteiger partial charge in [0.15, 0.2) is 6.29 Å². The molecule has 276 valence electrons. The van der Waals surface area contributed by atoms with Crippen LogP contribution in [0.3, 0.4) is 0 Å². The first-order valence-corrected chi connectivity index (χ1v) is 18.9. The Balaban J connectivity index is 0.000000238. The summed E-state index contributed by atoms with van der Waals surface area (Å²) in [6, 6.07) is 45.6. The van der Waals surface area contributed by atoms with Gasteiger partial charge in [0.2, 0.25) is 0 Å². The summed E-state index contributed by atoms with van der Waals surface area (Å²) in [5.74, 6) is 0.0270. The van der Waals surface area contributed by atoms with Crippen molar-refractivity contribution in [3.63, 3.8) is 0 Å². The average Bonchev–Trinajstić information content (AvgIpc) is 3.84. The van der Waals surface area contributed by atoms with E-state index in [9.17, 15) is 9.59 Å². The maximum Gasteiger partial charge on any atom is 0.259 e. The molecule has 55 heavy (non-hydrogen) atoms. The predicted molar refractivity (Wildman–Crippen MR) is 229 cm³/mol. The van der Waals surface area contributed by atoms with Gasteiger partial charge in [-0.1, -0.05) is 139 Å². The van der Waals surface area contributed by atoms with E-state index in [-0.39, 0.29) is 18.6 Å². The first-order chi connectivity index (χ1) is 26.6. The molecule has 0 unspecified atom stereocenters. The highest BCUT2D eigenvalue weighted by atomic mass is 16.2. The van der Waals surface area contributed by atoms with Crippen molar-refractivity contribution in [3.05, 3.63) is 195 Å². The minimum absolute atomic E-state index is 0.0270. The van der Waals surface area contributed by atoms with E-state index in [2.05, 4.69) is 120 Å². The van der Waals surface area contributed by atoms with Crippen LogP contribution in [0.25, 0.3) is 33.9 Å². The van der Waals surface area contributed by atoms with Crippen LogP contribution in [0.2, 0.25) is 0 Å². The van der Waals surface area contributed by atoms with Crippen molar-refractivity contribution in [1.82, 2.24) is 0 Å². The van der Waals surface area contributed by atoms with E-state index < -0.39 is 0 Å². The van der Waals surface area contributed by atoms with Crippen LogP contribution < -0.4 is 4.90 Å². The van der Waals surface area contributed by atoms with Crippen molar-refractivity contribution in [1.29, 1.82) is 0 Å². The summed E-state index contributed by atoms with van der Waals surface area (Å²) >= 11 is 0. The lowest BCUT2D eigenvalue weighted by atomic mass is 9.97. The van der Waals surface area contributed by atoms with E-state index in [4.69, 9.17) is 5.11 Å². The van der Waals surface area contributed by atoms with E-state index in [1.165, 1.54) is 50.1 Å². The lowest BCUT2D eigenvalue weighted by Crippen LogP contribution is -2.32. The van der Waals surface area contributed by atoms with Gasteiger partial charge in [-0.15, -0.1) is 0 Å². The molecule has 0 atom stereocenters. The molecule has 1 amide bonds. The van der Waals surface area contributed by atoms with Gasteiger partial charge >= 0.3 is 0 Å². The Morgan fingerprint density at radius 3 is 1.51 bits per heavy atom. The van der Waals surface area contributed by atoms with Crippen molar-refractivity contribution in [2.24, 2.45) is 0 Å². The van der Waals surface area contributed by atoms with Crippen LogP contribution in [0, 0.1) is 41.5 Å². The molecule has 1 N–H and O–H groups in total. The number of aryl methyl sites for hydroxylation is 6. The number of aldehydes is 1. The largest absolute Gasteiger partial charge is 0.397 e. The first kappa shape index (κ1) is 38.6. The number of nitrogens with zero attached hydrogens (tertiary/aromatic N) is 1. The number of fused-ring (bicyclic) bond motifs is 3. The maximum absolute atomic E-state index is 14.3. The number of aliphatic hydroxyl groups excluding tert-OH is 1. The molecule has 4 aliphatic carbocycles. The van der Waals surface area contributed by atoms with Crippen molar-refractivity contribution in [2.75, 3.05) is 11.5 Å². The third-order valence-electron chi connectivity index (χ3n) is 10.2. The van der Waals surface area contributed by atoms with Crippen LogP contribution in [-0.2, 0) is 4.79 Å². The molecular weight excluding hydrogens is 675 g/mol. The van der Waals surface area contributed by atoms with Crippen LogP contribution in [0.5, 0.6) is 0 Å². The molecular formula is C51H49NO3. The zero-order valence-electron chi connectivity index (χ0n) is 32.9. The second kappa shape index (κ2) is 16.9. The predicted octanol–water partition coefficient (Wildman–Crippen LogP) is 11.9. The van der Waals surface area contributed by atoms with Gasteiger partial charge in [0.1, 0.15) is 0 Å². The maximum atomic E-state index is 14.3. The molecule has 4 nitrogen and oxygen atoms in total. The summed E-state index contributed by atoms with van der Waals surface area (Å²) in [4.78, 5) is 27.2. The van der Waals surface area contributed by atoms with Gasteiger partial charge in [-0.05, 0) is 122 Å². The van der Waals surface area contributed by atoms with Gasteiger partial charge in [-0.2, -0.15) is 0 Å². The molecule has 8 rings (SSSR count). The van der Waals surface area contributed by atoms with Gasteiger partial charge in [-0.25, -0.2) is 0 Å². The number of benzene rings is 3. The van der Waals surface area contributed by atoms with Crippen LogP contribution in [-0.4, -0.2) is 23.9 Å².